The Bertz CT molecular complexity index is 1630. The highest BCUT2D eigenvalue weighted by molar-refractivity contribution is 14.1. The van der Waals surface area contributed by atoms with E-state index in [1.807, 2.05) is 39.8 Å². The van der Waals surface area contributed by atoms with Crippen molar-refractivity contribution in [3.05, 3.63) is 118 Å². The van der Waals surface area contributed by atoms with E-state index in [0.29, 0.717) is 44.0 Å². The topological polar surface area (TPSA) is 114 Å². The van der Waals surface area contributed by atoms with Gasteiger partial charge in [0.25, 0.3) is 0 Å². The fraction of sp³-hybridized carbons (Fsp3) is 0.194. The zero-order valence-corrected chi connectivity index (χ0v) is 31.3. The van der Waals surface area contributed by atoms with Crippen LogP contribution in [0.3, 0.4) is 0 Å². The van der Waals surface area contributed by atoms with Gasteiger partial charge in [0, 0.05) is 29.7 Å². The number of ether oxygens (including phenoxy) is 1. The lowest BCUT2D eigenvalue weighted by molar-refractivity contribution is 0.462. The molecule has 0 saturated heterocycles. The van der Waals surface area contributed by atoms with E-state index in [4.69, 9.17) is 44.6 Å². The number of aromatic hydroxyl groups is 2. The molecule has 0 aliphatic carbocycles. The van der Waals surface area contributed by atoms with Crippen LogP contribution in [0.5, 0.6) is 23.0 Å². The number of rotatable bonds is 2. The number of hydrogen-bond donors (Lipinski definition) is 2. The second-order valence-corrected chi connectivity index (χ2v) is 12.6. The first-order valence-electron chi connectivity index (χ1n) is 12.8. The van der Waals surface area contributed by atoms with Crippen LogP contribution in [0.1, 0.15) is 33.8 Å². The van der Waals surface area contributed by atoms with Crippen LogP contribution in [-0.2, 0) is 0 Å². The quantitative estimate of drug-likeness (QED) is 0.133. The van der Waals surface area contributed by atoms with Gasteiger partial charge in [-0.25, -0.2) is 19.9 Å². The van der Waals surface area contributed by atoms with Crippen molar-refractivity contribution >= 4 is 80.0 Å². The molecule has 44 heavy (non-hydrogen) atoms. The summed E-state index contributed by atoms with van der Waals surface area (Å²) in [5, 5.41) is 19.9. The fourth-order valence-corrected chi connectivity index (χ4v) is 5.55. The van der Waals surface area contributed by atoms with Crippen molar-refractivity contribution in [3.63, 3.8) is 0 Å². The SMILES string of the molecule is Cc1cc(I)nc(C)c1O.Cc1cc(I)nc(C)c1Oc1ccnc(Cl)c1.Cc1ccnc(C)c1O.Clc1ccnc(Cl)c1. The molecule has 0 saturated carbocycles. The van der Waals surface area contributed by atoms with Crippen LogP contribution in [-0.4, -0.2) is 35.1 Å². The molecule has 5 heterocycles. The van der Waals surface area contributed by atoms with Gasteiger partial charge in [0.05, 0.1) is 17.1 Å². The molecule has 5 aromatic rings. The molecule has 0 unspecified atom stereocenters. The lowest BCUT2D eigenvalue weighted by atomic mass is 10.2. The van der Waals surface area contributed by atoms with Crippen LogP contribution in [0, 0.1) is 48.9 Å². The Morgan fingerprint density at radius 3 is 1.59 bits per heavy atom. The molecule has 0 amide bonds. The smallest absolute Gasteiger partial charge is 0.151 e. The summed E-state index contributed by atoms with van der Waals surface area (Å²) in [5.74, 6) is 2.05. The molecular formula is C31H30Cl3I2N5O3. The van der Waals surface area contributed by atoms with E-state index in [9.17, 15) is 5.11 Å². The number of aromatic nitrogens is 5. The van der Waals surface area contributed by atoms with E-state index < -0.39 is 0 Å². The van der Waals surface area contributed by atoms with Gasteiger partial charge in [0.15, 0.2) is 5.75 Å². The van der Waals surface area contributed by atoms with Crippen molar-refractivity contribution in [1.29, 1.82) is 0 Å². The van der Waals surface area contributed by atoms with Crippen LogP contribution in [0.2, 0.25) is 15.3 Å². The number of aryl methyl sites for hydroxylation is 6. The zero-order chi connectivity index (χ0) is 33.0. The maximum atomic E-state index is 9.26. The van der Waals surface area contributed by atoms with E-state index >= 15 is 0 Å². The molecule has 0 aliphatic rings. The standard InChI is InChI=1S/C12H10ClIN2O.C7H8INO.C7H9NO.C5H3Cl2N/c1-7-5-11(14)16-8(2)12(7)17-9-3-4-15-10(13)6-9;1-4-3-6(8)9-5(2)7(4)10;1-5-3-4-8-6(2)7(5)9;6-4-1-2-8-5(7)3-4/h3-6H,1-2H3;3,10H,1-2H3;3-4,9H,1-2H3;1-3H. The van der Waals surface area contributed by atoms with E-state index in [1.165, 1.54) is 0 Å². The Morgan fingerprint density at radius 1 is 0.591 bits per heavy atom. The van der Waals surface area contributed by atoms with Crippen molar-refractivity contribution in [1.82, 2.24) is 24.9 Å². The van der Waals surface area contributed by atoms with Crippen molar-refractivity contribution in [3.8, 4) is 23.0 Å². The van der Waals surface area contributed by atoms with Crippen molar-refractivity contribution in [2.75, 3.05) is 0 Å². The Balaban J connectivity index is 0.000000216. The Labute approximate surface area is 299 Å². The molecule has 13 heteroatoms. The molecule has 0 spiro atoms. The molecule has 0 aliphatic heterocycles. The summed E-state index contributed by atoms with van der Waals surface area (Å²) < 4.78 is 7.66. The van der Waals surface area contributed by atoms with Crippen LogP contribution in [0.4, 0.5) is 0 Å². The highest BCUT2D eigenvalue weighted by atomic mass is 127. The third-order valence-electron chi connectivity index (χ3n) is 5.54. The lowest BCUT2D eigenvalue weighted by Gasteiger charge is -2.11. The van der Waals surface area contributed by atoms with Gasteiger partial charge < -0.3 is 14.9 Å². The molecule has 2 N–H and O–H groups in total. The molecular weight excluding hydrogens is 851 g/mol. The summed E-state index contributed by atoms with van der Waals surface area (Å²) in [6.07, 6.45) is 4.86. The average Bonchev–Trinajstić information content (AvgIpc) is 2.93. The maximum absolute atomic E-state index is 9.26. The molecule has 0 fully saturated rings. The first-order valence-corrected chi connectivity index (χ1v) is 16.1. The van der Waals surface area contributed by atoms with Crippen molar-refractivity contribution in [2.45, 2.75) is 41.5 Å². The van der Waals surface area contributed by atoms with Crippen LogP contribution in [0.15, 0.2) is 61.1 Å². The van der Waals surface area contributed by atoms with Gasteiger partial charge in [-0.15, -0.1) is 0 Å². The minimum Gasteiger partial charge on any atom is -0.506 e. The Kier molecular flexibility index (Phi) is 15.8. The molecule has 232 valence electrons. The first-order chi connectivity index (χ1) is 20.7. The molecule has 5 rings (SSSR count). The number of nitrogens with zero attached hydrogens (tertiary/aromatic N) is 5. The van der Waals surface area contributed by atoms with Gasteiger partial charge in [0.2, 0.25) is 0 Å². The minimum atomic E-state index is 0.303. The number of hydrogen-bond acceptors (Lipinski definition) is 8. The van der Waals surface area contributed by atoms with E-state index in [1.54, 1.807) is 62.8 Å². The summed E-state index contributed by atoms with van der Waals surface area (Å²) in [7, 11) is 0. The lowest BCUT2D eigenvalue weighted by Crippen LogP contribution is -1.96. The normalized spacial score (nSPS) is 9.89. The van der Waals surface area contributed by atoms with E-state index in [-0.39, 0.29) is 0 Å². The predicted octanol–water partition coefficient (Wildman–Crippen LogP) is 9.94. The Morgan fingerprint density at radius 2 is 1.11 bits per heavy atom. The number of pyridine rings is 5. The maximum Gasteiger partial charge on any atom is 0.151 e. The molecule has 0 aromatic carbocycles. The van der Waals surface area contributed by atoms with Gasteiger partial charge in [-0.05, 0) is 140 Å². The summed E-state index contributed by atoms with van der Waals surface area (Å²) in [4.78, 5) is 20.0. The highest BCUT2D eigenvalue weighted by Crippen LogP contribution is 2.29. The number of halogens is 5. The van der Waals surface area contributed by atoms with Gasteiger partial charge in [-0.2, -0.15) is 0 Å². The van der Waals surface area contributed by atoms with Gasteiger partial charge in [-0.3, -0.25) is 4.98 Å². The third kappa shape index (κ3) is 12.8. The van der Waals surface area contributed by atoms with Crippen LogP contribution < -0.4 is 4.74 Å². The monoisotopic (exact) mass is 879 g/mol. The summed E-state index contributed by atoms with van der Waals surface area (Å²) >= 11 is 21.1. The third-order valence-corrected chi connectivity index (χ3v) is 7.29. The largest absolute Gasteiger partial charge is 0.506 e. The van der Waals surface area contributed by atoms with Gasteiger partial charge in [0.1, 0.15) is 35.0 Å². The summed E-state index contributed by atoms with van der Waals surface area (Å²) in [6.45, 7) is 11.2. The molecule has 0 atom stereocenters. The molecule has 0 radical (unpaired) electrons. The summed E-state index contributed by atoms with van der Waals surface area (Å²) in [5.41, 5.74) is 5.07. The fourth-order valence-electron chi connectivity index (χ4n) is 3.34. The Hall–Kier alpha value is -2.52. The highest BCUT2D eigenvalue weighted by Gasteiger charge is 2.08. The van der Waals surface area contributed by atoms with Crippen LogP contribution >= 0.6 is 80.0 Å². The summed E-state index contributed by atoms with van der Waals surface area (Å²) in [6, 6.07) is 12.3. The predicted molar refractivity (Wildman–Crippen MR) is 193 cm³/mol. The first kappa shape index (κ1) is 37.7. The molecule has 8 nitrogen and oxygen atoms in total. The van der Waals surface area contributed by atoms with Crippen LogP contribution in [0.25, 0.3) is 0 Å². The average molecular weight is 881 g/mol. The van der Waals surface area contributed by atoms with Crippen molar-refractivity contribution in [2.24, 2.45) is 0 Å². The minimum absolute atomic E-state index is 0.303. The second kappa shape index (κ2) is 18.4. The molecule has 5 aromatic heterocycles. The van der Waals surface area contributed by atoms with E-state index in [0.717, 1.165) is 35.5 Å². The zero-order valence-electron chi connectivity index (χ0n) is 24.7. The van der Waals surface area contributed by atoms with E-state index in [2.05, 4.69) is 70.1 Å². The van der Waals surface area contributed by atoms with Crippen molar-refractivity contribution < 1.29 is 14.9 Å². The second-order valence-electron chi connectivity index (χ2n) is 9.15. The van der Waals surface area contributed by atoms with Gasteiger partial charge >= 0.3 is 0 Å². The van der Waals surface area contributed by atoms with Gasteiger partial charge in [-0.1, -0.05) is 34.8 Å². The molecule has 0 bridgehead atoms.